The lowest BCUT2D eigenvalue weighted by molar-refractivity contribution is -0.130. The molecule has 24 heavy (non-hydrogen) atoms. The Labute approximate surface area is 151 Å². The Morgan fingerprint density at radius 2 is 1.79 bits per heavy atom. The summed E-state index contributed by atoms with van der Waals surface area (Å²) in [5.41, 5.74) is 3.46. The van der Waals surface area contributed by atoms with Gasteiger partial charge in [0.25, 0.3) is 0 Å². The van der Waals surface area contributed by atoms with E-state index in [1.54, 1.807) is 0 Å². The number of carbonyl (C=O) groups excluding carboxylic acids is 1. The number of piperazine rings is 1. The molecule has 1 amide bonds. The van der Waals surface area contributed by atoms with Crippen molar-refractivity contribution in [2.24, 2.45) is 0 Å². The molecule has 0 aliphatic carbocycles. The van der Waals surface area contributed by atoms with E-state index in [2.05, 4.69) is 57.9 Å². The van der Waals surface area contributed by atoms with E-state index >= 15 is 0 Å². The number of nitrogens with zero attached hydrogens (tertiary/aromatic N) is 3. The van der Waals surface area contributed by atoms with Crippen LogP contribution in [0.25, 0.3) is 0 Å². The monoisotopic (exact) mass is 387 g/mol. The summed E-state index contributed by atoms with van der Waals surface area (Å²) in [5.74, 6) is 1.22. The lowest BCUT2D eigenvalue weighted by Gasteiger charge is -2.36. The zero-order chi connectivity index (χ0) is 17.1. The predicted molar refractivity (Wildman–Crippen MR) is 100 cm³/mol. The number of hydrogen-bond acceptors (Lipinski definition) is 3. The number of anilines is 1. The average molecular weight is 388 g/mol. The van der Waals surface area contributed by atoms with E-state index in [9.17, 15) is 4.79 Å². The van der Waals surface area contributed by atoms with Gasteiger partial charge in [-0.25, -0.2) is 4.98 Å². The first-order valence-corrected chi connectivity index (χ1v) is 9.02. The first-order chi connectivity index (χ1) is 11.5. The minimum atomic E-state index is 0.207. The van der Waals surface area contributed by atoms with Crippen molar-refractivity contribution in [2.45, 2.75) is 20.3 Å². The Morgan fingerprint density at radius 3 is 2.42 bits per heavy atom. The third kappa shape index (κ3) is 3.96. The van der Waals surface area contributed by atoms with Crippen LogP contribution in [0, 0.1) is 13.8 Å². The molecule has 1 aliphatic rings. The van der Waals surface area contributed by atoms with Gasteiger partial charge in [0.2, 0.25) is 5.91 Å². The van der Waals surface area contributed by atoms with Gasteiger partial charge in [-0.05, 0) is 47.0 Å². The number of carbonyl (C=O) groups is 1. The van der Waals surface area contributed by atoms with Gasteiger partial charge in [-0.1, -0.05) is 29.8 Å². The second-order valence-corrected chi connectivity index (χ2v) is 7.24. The maximum Gasteiger partial charge on any atom is 0.227 e. The van der Waals surface area contributed by atoms with Crippen LogP contribution >= 0.6 is 15.9 Å². The minimum absolute atomic E-state index is 0.207. The fourth-order valence-electron chi connectivity index (χ4n) is 3.02. The normalized spacial score (nSPS) is 14.8. The summed E-state index contributed by atoms with van der Waals surface area (Å²) in [4.78, 5) is 21.2. The Balaban J connectivity index is 1.58. The Hall–Kier alpha value is -1.88. The third-order valence-electron chi connectivity index (χ3n) is 4.43. The fraction of sp³-hybridized carbons (Fsp3) is 0.368. The molecule has 0 radical (unpaired) electrons. The number of rotatable bonds is 3. The fourth-order valence-corrected chi connectivity index (χ4v) is 3.47. The topological polar surface area (TPSA) is 36.4 Å². The summed E-state index contributed by atoms with van der Waals surface area (Å²) in [6.45, 7) is 7.29. The van der Waals surface area contributed by atoms with E-state index in [-0.39, 0.29) is 5.91 Å². The van der Waals surface area contributed by atoms with Crippen molar-refractivity contribution in [3.05, 3.63) is 57.7 Å². The molecule has 1 fully saturated rings. The highest BCUT2D eigenvalue weighted by molar-refractivity contribution is 9.10. The van der Waals surface area contributed by atoms with Crippen LogP contribution in [0.5, 0.6) is 0 Å². The first kappa shape index (κ1) is 17.0. The zero-order valence-electron chi connectivity index (χ0n) is 14.1. The molecule has 1 aromatic heterocycles. The van der Waals surface area contributed by atoms with Gasteiger partial charge in [-0.15, -0.1) is 0 Å². The molecule has 1 aromatic carbocycles. The van der Waals surface area contributed by atoms with E-state index in [1.807, 2.05) is 23.2 Å². The van der Waals surface area contributed by atoms with Crippen LogP contribution in [-0.4, -0.2) is 42.0 Å². The number of halogens is 1. The van der Waals surface area contributed by atoms with Crippen LogP contribution in [0.3, 0.4) is 0 Å². The maximum absolute atomic E-state index is 12.5. The SMILES string of the molecule is Cc1ccc(CC(=O)N2CCN(c3ncc(Br)cc3C)CC2)cc1. The zero-order valence-corrected chi connectivity index (χ0v) is 15.7. The molecule has 3 rings (SSSR count). The van der Waals surface area contributed by atoms with Gasteiger partial charge in [0.05, 0.1) is 6.42 Å². The molecule has 0 bridgehead atoms. The van der Waals surface area contributed by atoms with E-state index < -0.39 is 0 Å². The molecule has 0 unspecified atom stereocenters. The third-order valence-corrected chi connectivity index (χ3v) is 4.86. The van der Waals surface area contributed by atoms with Crippen molar-refractivity contribution in [2.75, 3.05) is 31.1 Å². The van der Waals surface area contributed by atoms with Crippen molar-refractivity contribution in [3.8, 4) is 0 Å². The molecule has 5 heteroatoms. The molecular weight excluding hydrogens is 366 g/mol. The van der Waals surface area contributed by atoms with Crippen LogP contribution in [0.4, 0.5) is 5.82 Å². The van der Waals surface area contributed by atoms with E-state index in [0.29, 0.717) is 6.42 Å². The maximum atomic E-state index is 12.5. The molecule has 2 aromatic rings. The van der Waals surface area contributed by atoms with Gasteiger partial charge in [0.15, 0.2) is 0 Å². The molecule has 0 N–H and O–H groups in total. The Bertz CT molecular complexity index is 722. The minimum Gasteiger partial charge on any atom is -0.353 e. The molecule has 0 spiro atoms. The van der Waals surface area contributed by atoms with Crippen LogP contribution in [0.2, 0.25) is 0 Å². The van der Waals surface area contributed by atoms with E-state index in [0.717, 1.165) is 47.6 Å². The van der Waals surface area contributed by atoms with Gasteiger partial charge in [0, 0.05) is 36.8 Å². The van der Waals surface area contributed by atoms with Crippen molar-refractivity contribution < 1.29 is 4.79 Å². The smallest absolute Gasteiger partial charge is 0.227 e. The molecule has 0 atom stereocenters. The Morgan fingerprint density at radius 1 is 1.12 bits per heavy atom. The van der Waals surface area contributed by atoms with Gasteiger partial charge in [-0.2, -0.15) is 0 Å². The number of benzene rings is 1. The predicted octanol–water partition coefficient (Wildman–Crippen LogP) is 3.35. The lowest BCUT2D eigenvalue weighted by atomic mass is 10.1. The molecule has 1 aliphatic heterocycles. The largest absolute Gasteiger partial charge is 0.353 e. The quantitative estimate of drug-likeness (QED) is 0.809. The number of aromatic nitrogens is 1. The highest BCUT2D eigenvalue weighted by atomic mass is 79.9. The summed E-state index contributed by atoms with van der Waals surface area (Å²) >= 11 is 3.45. The number of hydrogen-bond donors (Lipinski definition) is 0. The summed E-state index contributed by atoms with van der Waals surface area (Å²) in [7, 11) is 0. The highest BCUT2D eigenvalue weighted by Crippen LogP contribution is 2.22. The van der Waals surface area contributed by atoms with E-state index in [4.69, 9.17) is 0 Å². The summed E-state index contributed by atoms with van der Waals surface area (Å²) < 4.78 is 0.996. The van der Waals surface area contributed by atoms with Crippen molar-refractivity contribution in [1.29, 1.82) is 0 Å². The van der Waals surface area contributed by atoms with Gasteiger partial charge >= 0.3 is 0 Å². The standard InChI is InChI=1S/C19H22BrN3O/c1-14-3-5-16(6-4-14)12-18(24)22-7-9-23(10-8-22)19-15(2)11-17(20)13-21-19/h3-6,11,13H,7-10,12H2,1-2H3. The van der Waals surface area contributed by atoms with Crippen molar-refractivity contribution >= 4 is 27.7 Å². The average Bonchev–Trinajstić information content (AvgIpc) is 2.57. The summed E-state index contributed by atoms with van der Waals surface area (Å²) in [5, 5.41) is 0. The second kappa shape index (κ2) is 7.34. The Kier molecular flexibility index (Phi) is 5.19. The van der Waals surface area contributed by atoms with Crippen LogP contribution in [0.1, 0.15) is 16.7 Å². The van der Waals surface area contributed by atoms with Gasteiger partial charge in [0.1, 0.15) is 5.82 Å². The summed E-state index contributed by atoms with van der Waals surface area (Å²) in [6.07, 6.45) is 2.31. The molecular formula is C19H22BrN3O. The van der Waals surface area contributed by atoms with E-state index in [1.165, 1.54) is 5.56 Å². The first-order valence-electron chi connectivity index (χ1n) is 8.23. The van der Waals surface area contributed by atoms with Gasteiger partial charge < -0.3 is 9.80 Å². The lowest BCUT2D eigenvalue weighted by Crippen LogP contribution is -2.49. The number of aryl methyl sites for hydroxylation is 2. The molecule has 2 heterocycles. The highest BCUT2D eigenvalue weighted by Gasteiger charge is 2.22. The molecule has 4 nitrogen and oxygen atoms in total. The van der Waals surface area contributed by atoms with Crippen molar-refractivity contribution in [3.63, 3.8) is 0 Å². The van der Waals surface area contributed by atoms with Crippen LogP contribution in [-0.2, 0) is 11.2 Å². The van der Waals surface area contributed by atoms with Crippen molar-refractivity contribution in [1.82, 2.24) is 9.88 Å². The second-order valence-electron chi connectivity index (χ2n) is 6.32. The van der Waals surface area contributed by atoms with Crippen LogP contribution < -0.4 is 4.90 Å². The van der Waals surface area contributed by atoms with Crippen LogP contribution in [0.15, 0.2) is 41.0 Å². The number of pyridine rings is 1. The molecule has 126 valence electrons. The van der Waals surface area contributed by atoms with Gasteiger partial charge in [-0.3, -0.25) is 4.79 Å². The molecule has 1 saturated heterocycles. The molecule has 0 saturated carbocycles. The number of amides is 1. The summed E-state index contributed by atoms with van der Waals surface area (Å²) in [6, 6.07) is 10.3.